The van der Waals surface area contributed by atoms with Gasteiger partial charge in [0.15, 0.2) is 0 Å². The number of hydrogen-bond acceptors (Lipinski definition) is 3. The van der Waals surface area contributed by atoms with E-state index in [2.05, 4.69) is 22.6 Å². The van der Waals surface area contributed by atoms with Crippen molar-refractivity contribution in [2.24, 2.45) is 11.8 Å². The Hall–Kier alpha value is -1.08. The van der Waals surface area contributed by atoms with E-state index in [1.807, 2.05) is 24.3 Å². The molecular weight excluding hydrogens is 371 g/mol. The Labute approximate surface area is 131 Å². The largest absolute Gasteiger partial charge is 0.496 e. The van der Waals surface area contributed by atoms with E-state index in [0.29, 0.717) is 24.2 Å². The number of benzene rings is 1. The summed E-state index contributed by atoms with van der Waals surface area (Å²) in [4.78, 5) is 11.3. The van der Waals surface area contributed by atoms with Crippen LogP contribution in [0.15, 0.2) is 30.4 Å². The van der Waals surface area contributed by atoms with Gasteiger partial charge < -0.3 is 14.9 Å². The van der Waals surface area contributed by atoms with E-state index in [4.69, 9.17) is 4.74 Å². The van der Waals surface area contributed by atoms with Crippen LogP contribution in [0.4, 0.5) is 0 Å². The van der Waals surface area contributed by atoms with E-state index in [9.17, 15) is 15.0 Å². The lowest BCUT2D eigenvalue weighted by Gasteiger charge is -2.30. The van der Waals surface area contributed by atoms with Gasteiger partial charge >= 0.3 is 5.97 Å². The number of aliphatic hydroxyl groups excluding tert-OH is 1. The molecule has 0 aromatic heterocycles. The molecule has 0 fully saturated rings. The van der Waals surface area contributed by atoms with Crippen LogP contribution < -0.4 is 4.74 Å². The quantitative estimate of drug-likeness (QED) is 0.615. The van der Waals surface area contributed by atoms with Crippen LogP contribution in [0.1, 0.15) is 24.5 Å². The Morgan fingerprint density at radius 3 is 2.75 bits per heavy atom. The minimum absolute atomic E-state index is 0.329. The monoisotopic (exact) mass is 388 g/mol. The maximum absolute atomic E-state index is 11.3. The molecule has 2 N–H and O–H groups in total. The molecule has 1 aliphatic carbocycles. The zero-order valence-electron chi connectivity index (χ0n) is 11.1. The fourth-order valence-electron chi connectivity index (χ4n) is 2.64. The van der Waals surface area contributed by atoms with Crippen molar-refractivity contribution in [3.63, 3.8) is 0 Å². The van der Waals surface area contributed by atoms with E-state index in [1.54, 1.807) is 13.2 Å². The van der Waals surface area contributed by atoms with Gasteiger partial charge in [-0.05, 0) is 53.6 Å². The lowest BCUT2D eigenvalue weighted by Crippen LogP contribution is -2.30. The number of ether oxygens (including phenoxy) is 1. The molecule has 108 valence electrons. The molecule has 5 heteroatoms. The summed E-state index contributed by atoms with van der Waals surface area (Å²) in [6, 6.07) is 5.54. The average Bonchev–Trinajstić information content (AvgIpc) is 2.46. The normalized spacial score (nSPS) is 23.4. The number of allylic oxidation sites excluding steroid dienone is 2. The molecule has 1 aliphatic rings. The van der Waals surface area contributed by atoms with Crippen molar-refractivity contribution in [3.8, 4) is 5.75 Å². The fraction of sp³-hybridized carbons (Fsp3) is 0.400. The first kappa shape index (κ1) is 15.3. The number of aliphatic hydroxyl groups is 1. The van der Waals surface area contributed by atoms with Gasteiger partial charge in [-0.25, -0.2) is 0 Å². The molecular formula is C15H17IO4. The fourth-order valence-corrected chi connectivity index (χ4v) is 3.15. The molecule has 0 bridgehead atoms. The molecule has 0 saturated carbocycles. The summed E-state index contributed by atoms with van der Waals surface area (Å²) in [7, 11) is 1.55. The van der Waals surface area contributed by atoms with Gasteiger partial charge in [0.1, 0.15) is 5.75 Å². The van der Waals surface area contributed by atoms with Crippen LogP contribution in [0, 0.1) is 15.4 Å². The number of halogens is 1. The summed E-state index contributed by atoms with van der Waals surface area (Å²) in [6.07, 6.45) is 3.99. The molecule has 0 aliphatic heterocycles. The SMILES string of the molecule is COc1ccc(I)cc1C(O)C1CC=CCC1C(=O)O. The number of aliphatic carboxylic acids is 1. The van der Waals surface area contributed by atoms with Gasteiger partial charge in [0.2, 0.25) is 0 Å². The van der Waals surface area contributed by atoms with Crippen molar-refractivity contribution >= 4 is 28.6 Å². The lowest BCUT2D eigenvalue weighted by atomic mass is 9.77. The molecule has 1 aromatic rings. The molecule has 3 atom stereocenters. The van der Waals surface area contributed by atoms with Crippen LogP contribution in [-0.2, 0) is 4.79 Å². The highest BCUT2D eigenvalue weighted by Gasteiger charge is 2.35. The molecule has 0 spiro atoms. The van der Waals surface area contributed by atoms with Gasteiger partial charge in [0.25, 0.3) is 0 Å². The molecule has 20 heavy (non-hydrogen) atoms. The second-order valence-electron chi connectivity index (χ2n) is 4.88. The molecule has 0 radical (unpaired) electrons. The van der Waals surface area contributed by atoms with Crippen molar-refractivity contribution in [2.75, 3.05) is 7.11 Å². The maximum Gasteiger partial charge on any atom is 0.307 e. The Balaban J connectivity index is 2.34. The topological polar surface area (TPSA) is 66.8 Å². The molecule has 3 unspecified atom stereocenters. The second kappa shape index (κ2) is 6.58. The highest BCUT2D eigenvalue weighted by molar-refractivity contribution is 14.1. The third-order valence-corrected chi connectivity index (χ3v) is 4.39. The number of carbonyl (C=O) groups is 1. The number of methoxy groups -OCH3 is 1. The van der Waals surface area contributed by atoms with Crippen LogP contribution in [-0.4, -0.2) is 23.3 Å². The summed E-state index contributed by atoms with van der Waals surface area (Å²) in [6.45, 7) is 0. The lowest BCUT2D eigenvalue weighted by molar-refractivity contribution is -0.145. The molecule has 4 nitrogen and oxygen atoms in total. The smallest absolute Gasteiger partial charge is 0.307 e. The Morgan fingerprint density at radius 1 is 1.40 bits per heavy atom. The average molecular weight is 388 g/mol. The van der Waals surface area contributed by atoms with E-state index < -0.39 is 18.0 Å². The van der Waals surface area contributed by atoms with Gasteiger partial charge in [-0.3, -0.25) is 4.79 Å². The zero-order valence-corrected chi connectivity index (χ0v) is 13.3. The maximum atomic E-state index is 11.3. The molecule has 0 amide bonds. The van der Waals surface area contributed by atoms with Gasteiger partial charge in [-0.2, -0.15) is 0 Å². The second-order valence-corrected chi connectivity index (χ2v) is 6.13. The molecule has 1 aromatic carbocycles. The molecule has 2 rings (SSSR count). The number of carboxylic acid groups (broad SMARTS) is 1. The Bertz CT molecular complexity index is 527. The van der Waals surface area contributed by atoms with E-state index in [-0.39, 0.29) is 5.92 Å². The van der Waals surface area contributed by atoms with Crippen LogP contribution in [0.5, 0.6) is 5.75 Å². The number of hydrogen-bond donors (Lipinski definition) is 2. The third kappa shape index (κ3) is 3.15. The van der Waals surface area contributed by atoms with E-state index >= 15 is 0 Å². The van der Waals surface area contributed by atoms with Crippen molar-refractivity contribution in [1.82, 2.24) is 0 Å². The summed E-state index contributed by atoms with van der Waals surface area (Å²) in [5.74, 6) is -1.15. The van der Waals surface area contributed by atoms with Crippen molar-refractivity contribution < 1.29 is 19.7 Å². The predicted octanol–water partition coefficient (Wildman–Crippen LogP) is 3.00. The van der Waals surface area contributed by atoms with Gasteiger partial charge in [0, 0.05) is 15.1 Å². The van der Waals surface area contributed by atoms with Gasteiger partial charge in [0.05, 0.1) is 19.1 Å². The standard InChI is InChI=1S/C15H17IO4/c1-20-13-7-6-9(16)8-12(13)14(17)10-4-2-3-5-11(10)15(18)19/h2-3,6-8,10-11,14,17H,4-5H2,1H3,(H,18,19). The van der Waals surface area contributed by atoms with Crippen LogP contribution in [0.25, 0.3) is 0 Å². The van der Waals surface area contributed by atoms with Crippen molar-refractivity contribution in [2.45, 2.75) is 18.9 Å². The number of carboxylic acids is 1. The van der Waals surface area contributed by atoms with E-state index in [0.717, 1.165) is 3.57 Å². The minimum atomic E-state index is -0.858. The highest BCUT2D eigenvalue weighted by atomic mass is 127. The predicted molar refractivity (Wildman–Crippen MR) is 83.7 cm³/mol. The highest BCUT2D eigenvalue weighted by Crippen LogP contribution is 2.39. The summed E-state index contributed by atoms with van der Waals surface area (Å²) >= 11 is 2.16. The summed E-state index contributed by atoms with van der Waals surface area (Å²) < 4.78 is 6.26. The molecule has 0 saturated heterocycles. The minimum Gasteiger partial charge on any atom is -0.496 e. The van der Waals surface area contributed by atoms with Gasteiger partial charge in [-0.15, -0.1) is 0 Å². The van der Waals surface area contributed by atoms with Crippen molar-refractivity contribution in [1.29, 1.82) is 0 Å². The summed E-state index contributed by atoms with van der Waals surface area (Å²) in [5.41, 5.74) is 0.658. The van der Waals surface area contributed by atoms with Gasteiger partial charge in [-0.1, -0.05) is 12.2 Å². The van der Waals surface area contributed by atoms with E-state index in [1.165, 1.54) is 0 Å². The third-order valence-electron chi connectivity index (χ3n) is 3.71. The van der Waals surface area contributed by atoms with Crippen LogP contribution in [0.2, 0.25) is 0 Å². The summed E-state index contributed by atoms with van der Waals surface area (Å²) in [5, 5.41) is 19.9. The first-order valence-electron chi connectivity index (χ1n) is 6.44. The number of rotatable bonds is 4. The first-order chi connectivity index (χ1) is 9.54. The van der Waals surface area contributed by atoms with Crippen LogP contribution in [0.3, 0.4) is 0 Å². The Kier molecular flexibility index (Phi) is 5.04. The zero-order chi connectivity index (χ0) is 14.7. The molecule has 0 heterocycles. The first-order valence-corrected chi connectivity index (χ1v) is 7.51. The Morgan fingerprint density at radius 2 is 2.10 bits per heavy atom. The van der Waals surface area contributed by atoms with Crippen LogP contribution >= 0.6 is 22.6 Å². The van der Waals surface area contributed by atoms with Crippen molar-refractivity contribution in [3.05, 3.63) is 39.5 Å².